The summed E-state index contributed by atoms with van der Waals surface area (Å²) >= 11 is 3.51. The molecule has 1 aliphatic rings. The highest BCUT2D eigenvalue weighted by Crippen LogP contribution is 2.31. The molecule has 0 fully saturated rings. The van der Waals surface area contributed by atoms with Gasteiger partial charge in [0.25, 0.3) is 0 Å². The molecule has 0 saturated heterocycles. The summed E-state index contributed by atoms with van der Waals surface area (Å²) in [5.74, 6) is 0. The highest BCUT2D eigenvalue weighted by molar-refractivity contribution is 9.10. The monoisotopic (exact) mass is 317 g/mol. The van der Waals surface area contributed by atoms with Gasteiger partial charge >= 0.3 is 0 Å². The number of fused-ring (bicyclic) bond motifs is 1. The fraction of sp³-hybridized carbons (Fsp3) is 0.267. The normalized spacial score (nSPS) is 18.7. The van der Waals surface area contributed by atoms with Crippen LogP contribution in [-0.4, -0.2) is 11.0 Å². The van der Waals surface area contributed by atoms with E-state index in [2.05, 4.69) is 44.4 Å². The van der Waals surface area contributed by atoms with Gasteiger partial charge < -0.3 is 11.1 Å². The van der Waals surface area contributed by atoms with Gasteiger partial charge in [-0.05, 0) is 37.5 Å². The Hall–Kier alpha value is -1.55. The van der Waals surface area contributed by atoms with Gasteiger partial charge in [-0.25, -0.2) is 0 Å². The van der Waals surface area contributed by atoms with Gasteiger partial charge in [-0.15, -0.1) is 0 Å². The van der Waals surface area contributed by atoms with E-state index in [1.807, 2.05) is 12.1 Å². The molecule has 3 N–H and O–H groups in total. The molecule has 2 aromatic rings. The van der Waals surface area contributed by atoms with Crippen molar-refractivity contribution in [2.75, 3.05) is 11.1 Å². The zero-order valence-electron chi connectivity index (χ0n) is 10.6. The van der Waals surface area contributed by atoms with E-state index in [-0.39, 0.29) is 0 Å². The first kappa shape index (κ1) is 12.5. The lowest BCUT2D eigenvalue weighted by Crippen LogP contribution is -2.21. The predicted octanol–water partition coefficient (Wildman–Crippen LogP) is 4.10. The maximum absolute atomic E-state index is 6.10. The van der Waals surface area contributed by atoms with Crippen LogP contribution in [0.15, 0.2) is 41.0 Å². The van der Waals surface area contributed by atoms with Crippen molar-refractivity contribution in [1.29, 1.82) is 0 Å². The number of nitrogens with zero attached hydrogens (tertiary/aromatic N) is 1. The Labute approximate surface area is 121 Å². The van der Waals surface area contributed by atoms with Crippen molar-refractivity contribution < 1.29 is 0 Å². The lowest BCUT2D eigenvalue weighted by molar-refractivity contribution is 0.645. The van der Waals surface area contributed by atoms with Gasteiger partial charge in [0.05, 0.1) is 23.1 Å². The maximum atomic E-state index is 6.10. The summed E-state index contributed by atoms with van der Waals surface area (Å²) in [7, 11) is 0. The van der Waals surface area contributed by atoms with Gasteiger partial charge in [0.1, 0.15) is 0 Å². The molecule has 0 saturated carbocycles. The van der Waals surface area contributed by atoms with Crippen molar-refractivity contribution in [3.05, 3.63) is 41.0 Å². The van der Waals surface area contributed by atoms with Crippen LogP contribution in [-0.2, 0) is 0 Å². The Morgan fingerprint density at radius 2 is 2.21 bits per heavy atom. The van der Waals surface area contributed by atoms with E-state index in [0.717, 1.165) is 40.3 Å². The van der Waals surface area contributed by atoms with Crippen LogP contribution >= 0.6 is 15.9 Å². The van der Waals surface area contributed by atoms with E-state index in [1.165, 1.54) is 0 Å². The number of rotatable bonds is 2. The minimum Gasteiger partial charge on any atom is -0.396 e. The van der Waals surface area contributed by atoms with E-state index >= 15 is 0 Å². The van der Waals surface area contributed by atoms with Crippen LogP contribution in [0.4, 0.5) is 11.4 Å². The molecule has 0 radical (unpaired) electrons. The number of nitrogen functional groups attached to an aromatic ring is 1. The standard InChI is InChI=1S/C15H16BrN3/c16-10-6-7-14-12(8-10)15(13(17)9-18-14)19-11-4-2-1-3-5-11/h1-2,6-9,11H,3-5,17H2,(H,18,19). The largest absolute Gasteiger partial charge is 0.396 e. The second-order valence-corrected chi connectivity index (χ2v) is 5.79. The Kier molecular flexibility index (Phi) is 3.42. The highest BCUT2D eigenvalue weighted by Gasteiger charge is 2.13. The summed E-state index contributed by atoms with van der Waals surface area (Å²) < 4.78 is 1.04. The van der Waals surface area contributed by atoms with Crippen LogP contribution < -0.4 is 11.1 Å². The summed E-state index contributed by atoms with van der Waals surface area (Å²) in [5, 5.41) is 4.66. The number of pyridine rings is 1. The van der Waals surface area contributed by atoms with E-state index in [4.69, 9.17) is 5.73 Å². The molecule has 0 amide bonds. The van der Waals surface area contributed by atoms with Gasteiger partial charge in [0.15, 0.2) is 0 Å². The van der Waals surface area contributed by atoms with Crippen LogP contribution in [0.5, 0.6) is 0 Å². The molecule has 3 nitrogen and oxygen atoms in total. The average molecular weight is 318 g/mol. The number of halogens is 1. The topological polar surface area (TPSA) is 50.9 Å². The average Bonchev–Trinajstić information content (AvgIpc) is 2.43. The number of anilines is 2. The predicted molar refractivity (Wildman–Crippen MR) is 84.3 cm³/mol. The minimum atomic E-state index is 0.455. The molecule has 0 spiro atoms. The number of nitrogens with one attached hydrogen (secondary N) is 1. The molecule has 1 aromatic heterocycles. The van der Waals surface area contributed by atoms with Gasteiger partial charge in [0, 0.05) is 15.9 Å². The molecular weight excluding hydrogens is 302 g/mol. The van der Waals surface area contributed by atoms with Crippen LogP contribution in [0.25, 0.3) is 10.9 Å². The quantitative estimate of drug-likeness (QED) is 0.820. The first-order valence-corrected chi connectivity index (χ1v) is 7.28. The van der Waals surface area contributed by atoms with Gasteiger partial charge in [-0.2, -0.15) is 0 Å². The smallest absolute Gasteiger partial charge is 0.0743 e. The summed E-state index contributed by atoms with van der Waals surface area (Å²) in [6, 6.07) is 6.53. The number of benzene rings is 1. The van der Waals surface area contributed by atoms with Gasteiger partial charge in [0.2, 0.25) is 0 Å². The Morgan fingerprint density at radius 1 is 1.32 bits per heavy atom. The van der Waals surface area contributed by atoms with Crippen molar-refractivity contribution in [2.24, 2.45) is 0 Å². The van der Waals surface area contributed by atoms with Crippen LogP contribution in [0.3, 0.4) is 0 Å². The molecule has 1 atom stereocenters. The minimum absolute atomic E-state index is 0.455. The molecular formula is C15H16BrN3. The first-order chi connectivity index (χ1) is 9.24. The van der Waals surface area contributed by atoms with Crippen molar-refractivity contribution in [1.82, 2.24) is 4.98 Å². The zero-order valence-corrected chi connectivity index (χ0v) is 12.2. The van der Waals surface area contributed by atoms with E-state index in [1.54, 1.807) is 6.20 Å². The second-order valence-electron chi connectivity index (χ2n) is 4.88. The summed E-state index contributed by atoms with van der Waals surface area (Å²) in [6.07, 6.45) is 9.53. The lowest BCUT2D eigenvalue weighted by Gasteiger charge is -2.22. The number of hydrogen-bond acceptors (Lipinski definition) is 3. The van der Waals surface area contributed by atoms with E-state index in [9.17, 15) is 0 Å². The van der Waals surface area contributed by atoms with Crippen molar-refractivity contribution in [3.63, 3.8) is 0 Å². The lowest BCUT2D eigenvalue weighted by atomic mass is 10.0. The van der Waals surface area contributed by atoms with Crippen LogP contribution in [0.1, 0.15) is 19.3 Å². The Bertz CT molecular complexity index is 631. The zero-order chi connectivity index (χ0) is 13.2. The number of allylic oxidation sites excluding steroid dienone is 1. The summed E-state index contributed by atoms with van der Waals surface area (Å²) in [6.45, 7) is 0. The van der Waals surface area contributed by atoms with Crippen LogP contribution in [0.2, 0.25) is 0 Å². The molecule has 3 rings (SSSR count). The molecule has 1 aromatic carbocycles. The number of nitrogens with two attached hydrogens (primary N) is 1. The van der Waals surface area contributed by atoms with Crippen molar-refractivity contribution in [2.45, 2.75) is 25.3 Å². The maximum Gasteiger partial charge on any atom is 0.0743 e. The molecule has 1 aliphatic carbocycles. The first-order valence-electron chi connectivity index (χ1n) is 6.49. The van der Waals surface area contributed by atoms with Crippen LogP contribution in [0, 0.1) is 0 Å². The van der Waals surface area contributed by atoms with Crippen molar-refractivity contribution in [3.8, 4) is 0 Å². The van der Waals surface area contributed by atoms with Crippen molar-refractivity contribution >= 4 is 38.2 Å². The molecule has 19 heavy (non-hydrogen) atoms. The Morgan fingerprint density at radius 3 is 3.00 bits per heavy atom. The van der Waals surface area contributed by atoms with Gasteiger partial charge in [-0.1, -0.05) is 28.1 Å². The molecule has 0 aliphatic heterocycles. The third kappa shape index (κ3) is 2.59. The molecule has 1 heterocycles. The number of aromatic nitrogens is 1. The Balaban J connectivity index is 2.02. The SMILES string of the molecule is Nc1cnc2ccc(Br)cc2c1NC1CC=CCC1. The summed E-state index contributed by atoms with van der Waals surface area (Å²) in [5.41, 5.74) is 8.77. The fourth-order valence-corrected chi connectivity index (χ4v) is 2.83. The van der Waals surface area contributed by atoms with E-state index < -0.39 is 0 Å². The summed E-state index contributed by atoms with van der Waals surface area (Å²) in [4.78, 5) is 4.38. The molecule has 4 heteroatoms. The second kappa shape index (κ2) is 5.21. The third-order valence-corrected chi connectivity index (χ3v) is 3.97. The highest BCUT2D eigenvalue weighted by atomic mass is 79.9. The molecule has 0 bridgehead atoms. The molecule has 1 unspecified atom stereocenters. The fourth-order valence-electron chi connectivity index (χ4n) is 2.47. The molecule has 98 valence electrons. The number of hydrogen-bond donors (Lipinski definition) is 2. The third-order valence-electron chi connectivity index (χ3n) is 3.48. The van der Waals surface area contributed by atoms with E-state index in [0.29, 0.717) is 11.7 Å². The van der Waals surface area contributed by atoms with Gasteiger partial charge in [-0.3, -0.25) is 4.98 Å².